The smallest absolute Gasteiger partial charge is 0.0579 e. The minimum atomic E-state index is 0.178. The molecule has 1 aromatic rings. The van der Waals surface area contributed by atoms with E-state index >= 15 is 0 Å². The van der Waals surface area contributed by atoms with Crippen molar-refractivity contribution in [2.45, 2.75) is 40.2 Å². The maximum Gasteiger partial charge on any atom is 0.0579 e. The van der Waals surface area contributed by atoms with Gasteiger partial charge >= 0.3 is 0 Å². The second-order valence-corrected chi connectivity index (χ2v) is 5.90. The highest BCUT2D eigenvalue weighted by Crippen LogP contribution is 2.24. The molecule has 1 unspecified atom stereocenters. The van der Waals surface area contributed by atoms with Crippen LogP contribution in [0.2, 0.25) is 0 Å². The zero-order valence-electron chi connectivity index (χ0n) is 11.4. The van der Waals surface area contributed by atoms with Crippen LogP contribution in [-0.4, -0.2) is 12.6 Å². The molecule has 0 saturated carbocycles. The Balaban J connectivity index is 2.78. The van der Waals surface area contributed by atoms with Gasteiger partial charge in [-0.2, -0.15) is 0 Å². The highest BCUT2D eigenvalue weighted by molar-refractivity contribution is 5.47. The normalized spacial score (nSPS) is 13.5. The molecule has 0 spiro atoms. The minimum Gasteiger partial charge on any atom is -0.328 e. The van der Waals surface area contributed by atoms with Gasteiger partial charge in [-0.3, -0.25) is 0 Å². The van der Waals surface area contributed by atoms with Crippen molar-refractivity contribution in [2.24, 2.45) is 17.0 Å². The van der Waals surface area contributed by atoms with E-state index in [-0.39, 0.29) is 11.5 Å². The summed E-state index contributed by atoms with van der Waals surface area (Å²) >= 11 is 0. The highest BCUT2D eigenvalue weighted by Gasteiger charge is 2.21. The van der Waals surface area contributed by atoms with Crippen molar-refractivity contribution in [3.05, 3.63) is 29.8 Å². The summed E-state index contributed by atoms with van der Waals surface area (Å²) in [6, 6.07) is 8.40. The van der Waals surface area contributed by atoms with Gasteiger partial charge in [0.2, 0.25) is 0 Å². The van der Waals surface area contributed by atoms with E-state index in [2.05, 4.69) is 39.8 Å². The summed E-state index contributed by atoms with van der Waals surface area (Å²) in [4.78, 5) is 0. The van der Waals surface area contributed by atoms with E-state index in [9.17, 15) is 0 Å². The van der Waals surface area contributed by atoms with Crippen molar-refractivity contribution < 1.29 is 0 Å². The van der Waals surface area contributed by atoms with Gasteiger partial charge in [0.1, 0.15) is 0 Å². The maximum absolute atomic E-state index is 6.16. The first-order valence-corrected chi connectivity index (χ1v) is 6.14. The number of nitrogens with zero attached hydrogens (tertiary/aromatic N) is 1. The molecule has 0 aromatic heterocycles. The van der Waals surface area contributed by atoms with Crippen LogP contribution in [0.15, 0.2) is 24.3 Å². The molecular weight excluding hydrogens is 210 g/mol. The van der Waals surface area contributed by atoms with E-state index < -0.39 is 0 Å². The molecule has 1 atom stereocenters. The first kappa shape index (κ1) is 14.0. The first-order chi connectivity index (χ1) is 7.83. The van der Waals surface area contributed by atoms with Gasteiger partial charge in [-0.1, -0.05) is 38.5 Å². The lowest BCUT2D eigenvalue weighted by Crippen LogP contribution is -2.47. The zero-order chi connectivity index (χ0) is 13.1. The predicted molar refractivity (Wildman–Crippen MR) is 74.8 cm³/mol. The molecular formula is C14H25N3. The van der Waals surface area contributed by atoms with E-state index in [1.54, 1.807) is 5.01 Å². The summed E-state index contributed by atoms with van der Waals surface area (Å²) in [6.45, 7) is 9.26. The fourth-order valence-electron chi connectivity index (χ4n) is 1.93. The molecule has 1 rings (SSSR count). The van der Waals surface area contributed by atoms with E-state index in [0.717, 1.165) is 12.1 Å². The number of nitrogens with two attached hydrogens (primary N) is 2. The van der Waals surface area contributed by atoms with Crippen molar-refractivity contribution in [1.29, 1.82) is 0 Å². The van der Waals surface area contributed by atoms with Gasteiger partial charge in [-0.15, -0.1) is 0 Å². The monoisotopic (exact) mass is 235 g/mol. The van der Waals surface area contributed by atoms with Crippen LogP contribution < -0.4 is 16.6 Å². The summed E-state index contributed by atoms with van der Waals surface area (Å²) in [5.41, 5.74) is 8.32. The van der Waals surface area contributed by atoms with E-state index in [1.807, 2.05) is 12.1 Å². The summed E-state index contributed by atoms with van der Waals surface area (Å²) in [5.74, 6) is 6.16. The molecule has 0 bridgehead atoms. The molecule has 3 heteroatoms. The second kappa shape index (κ2) is 5.52. The fourth-order valence-corrected chi connectivity index (χ4v) is 1.93. The summed E-state index contributed by atoms with van der Waals surface area (Å²) in [6.07, 6.45) is 0.980. The topological polar surface area (TPSA) is 55.3 Å². The first-order valence-electron chi connectivity index (χ1n) is 6.14. The lowest BCUT2D eigenvalue weighted by molar-refractivity contribution is 0.332. The molecule has 1 aromatic carbocycles. The number of rotatable bonds is 4. The zero-order valence-corrected chi connectivity index (χ0v) is 11.4. The van der Waals surface area contributed by atoms with Crippen LogP contribution in [0.4, 0.5) is 5.69 Å². The Morgan fingerprint density at radius 2 is 1.71 bits per heavy atom. The Labute approximate surface area is 105 Å². The fraction of sp³-hybridized carbons (Fsp3) is 0.571. The van der Waals surface area contributed by atoms with Crippen LogP contribution in [-0.2, 0) is 0 Å². The van der Waals surface area contributed by atoms with Crippen LogP contribution in [0.3, 0.4) is 0 Å². The van der Waals surface area contributed by atoms with E-state index in [0.29, 0.717) is 6.54 Å². The third kappa shape index (κ3) is 4.36. The van der Waals surface area contributed by atoms with E-state index in [4.69, 9.17) is 11.6 Å². The quantitative estimate of drug-likeness (QED) is 0.622. The Bertz CT molecular complexity index is 337. The average molecular weight is 235 g/mol. The van der Waals surface area contributed by atoms with Crippen LogP contribution in [0.5, 0.6) is 0 Å². The van der Waals surface area contributed by atoms with Crippen molar-refractivity contribution >= 4 is 5.69 Å². The van der Waals surface area contributed by atoms with Gasteiger partial charge in [0, 0.05) is 6.54 Å². The largest absolute Gasteiger partial charge is 0.328 e. The van der Waals surface area contributed by atoms with Gasteiger partial charge in [0.15, 0.2) is 0 Å². The molecule has 0 amide bonds. The standard InChI is InChI=1S/C14H25N3/c1-11-5-7-12(8-6-11)17(16)13(10-15)9-14(2,3)4/h5-8,13H,9-10,15-16H2,1-4H3. The van der Waals surface area contributed by atoms with E-state index in [1.165, 1.54) is 5.56 Å². The van der Waals surface area contributed by atoms with Crippen molar-refractivity contribution in [3.63, 3.8) is 0 Å². The molecule has 0 radical (unpaired) electrons. The van der Waals surface area contributed by atoms with Gasteiger partial charge in [0.05, 0.1) is 11.7 Å². The number of hydrogen-bond donors (Lipinski definition) is 2. The molecule has 4 N–H and O–H groups in total. The van der Waals surface area contributed by atoms with Crippen LogP contribution in [0.25, 0.3) is 0 Å². The Morgan fingerprint density at radius 1 is 1.18 bits per heavy atom. The van der Waals surface area contributed by atoms with Crippen molar-refractivity contribution in [1.82, 2.24) is 0 Å². The van der Waals surface area contributed by atoms with Crippen LogP contribution in [0.1, 0.15) is 32.8 Å². The molecule has 0 aliphatic heterocycles. The van der Waals surface area contributed by atoms with Crippen LogP contribution >= 0.6 is 0 Å². The Kier molecular flexibility index (Phi) is 4.54. The van der Waals surface area contributed by atoms with Crippen molar-refractivity contribution in [3.8, 4) is 0 Å². The number of aryl methyl sites for hydroxylation is 1. The number of hydrazine groups is 1. The SMILES string of the molecule is Cc1ccc(N(N)C(CN)CC(C)(C)C)cc1. The van der Waals surface area contributed by atoms with Gasteiger partial charge in [0.25, 0.3) is 0 Å². The second-order valence-electron chi connectivity index (χ2n) is 5.90. The van der Waals surface area contributed by atoms with Gasteiger partial charge < -0.3 is 10.7 Å². The molecule has 0 aliphatic carbocycles. The molecule has 0 fully saturated rings. The molecule has 96 valence electrons. The van der Waals surface area contributed by atoms with Gasteiger partial charge in [-0.25, -0.2) is 5.84 Å². The van der Waals surface area contributed by atoms with Crippen LogP contribution in [0, 0.1) is 12.3 Å². The number of hydrogen-bond acceptors (Lipinski definition) is 3. The lowest BCUT2D eigenvalue weighted by Gasteiger charge is -2.33. The summed E-state index contributed by atoms with van der Waals surface area (Å²) in [7, 11) is 0. The summed E-state index contributed by atoms with van der Waals surface area (Å²) in [5, 5.41) is 1.80. The Morgan fingerprint density at radius 3 is 2.12 bits per heavy atom. The predicted octanol–water partition coefficient (Wildman–Crippen LogP) is 2.44. The molecule has 0 saturated heterocycles. The molecule has 3 nitrogen and oxygen atoms in total. The minimum absolute atomic E-state index is 0.178. The highest BCUT2D eigenvalue weighted by atomic mass is 15.4. The molecule has 0 aliphatic rings. The van der Waals surface area contributed by atoms with Gasteiger partial charge in [-0.05, 0) is 30.9 Å². The summed E-state index contributed by atoms with van der Waals surface area (Å²) < 4.78 is 0. The lowest BCUT2D eigenvalue weighted by atomic mass is 9.88. The number of anilines is 1. The van der Waals surface area contributed by atoms with Crippen molar-refractivity contribution in [2.75, 3.05) is 11.6 Å². The number of benzene rings is 1. The third-order valence-electron chi connectivity index (χ3n) is 2.85. The Hall–Kier alpha value is -1.06. The maximum atomic E-state index is 6.16. The average Bonchev–Trinajstić information content (AvgIpc) is 2.25. The molecule has 17 heavy (non-hydrogen) atoms. The molecule has 0 heterocycles. The third-order valence-corrected chi connectivity index (χ3v) is 2.85.